The SMILES string of the molecule is CCCCN(C)C(=O)c1cc2cc(Cl)ccc2o1. The zero-order chi connectivity index (χ0) is 13.1. The highest BCUT2D eigenvalue weighted by Gasteiger charge is 2.16. The number of fused-ring (bicyclic) bond motifs is 1. The van der Waals surface area contributed by atoms with E-state index < -0.39 is 0 Å². The van der Waals surface area contributed by atoms with Crippen LogP contribution < -0.4 is 0 Å². The normalized spacial score (nSPS) is 10.8. The molecule has 0 spiro atoms. The third-order valence-corrected chi connectivity index (χ3v) is 3.12. The minimum atomic E-state index is -0.0872. The molecule has 1 aromatic carbocycles. The lowest BCUT2D eigenvalue weighted by molar-refractivity contribution is 0.0764. The molecule has 1 amide bonds. The van der Waals surface area contributed by atoms with E-state index in [4.69, 9.17) is 16.0 Å². The van der Waals surface area contributed by atoms with E-state index in [2.05, 4.69) is 6.92 Å². The van der Waals surface area contributed by atoms with Gasteiger partial charge in [-0.2, -0.15) is 0 Å². The first kappa shape index (κ1) is 13.0. The summed E-state index contributed by atoms with van der Waals surface area (Å²) in [7, 11) is 1.79. The van der Waals surface area contributed by atoms with Crippen molar-refractivity contribution in [2.24, 2.45) is 0 Å². The first-order valence-electron chi connectivity index (χ1n) is 6.06. The molecule has 3 nitrogen and oxygen atoms in total. The van der Waals surface area contributed by atoms with E-state index in [-0.39, 0.29) is 5.91 Å². The van der Waals surface area contributed by atoms with Gasteiger partial charge in [0.1, 0.15) is 5.58 Å². The number of hydrogen-bond donors (Lipinski definition) is 0. The molecule has 96 valence electrons. The predicted octanol–water partition coefficient (Wildman–Crippen LogP) is 3.96. The standard InChI is InChI=1S/C14H16ClNO2/c1-3-4-7-16(2)14(17)13-9-10-8-11(15)5-6-12(10)18-13/h5-6,8-9H,3-4,7H2,1-2H3. The van der Waals surface area contributed by atoms with Crippen molar-refractivity contribution in [1.82, 2.24) is 4.90 Å². The summed E-state index contributed by atoms with van der Waals surface area (Å²) >= 11 is 5.90. The van der Waals surface area contributed by atoms with Crippen LogP contribution in [0, 0.1) is 0 Å². The average molecular weight is 266 g/mol. The zero-order valence-electron chi connectivity index (χ0n) is 10.6. The Hall–Kier alpha value is -1.48. The van der Waals surface area contributed by atoms with Gasteiger partial charge in [-0.1, -0.05) is 24.9 Å². The number of carbonyl (C=O) groups excluding carboxylic acids is 1. The number of amides is 1. The Morgan fingerprint density at radius 2 is 2.17 bits per heavy atom. The molecule has 0 radical (unpaired) electrons. The third kappa shape index (κ3) is 2.67. The largest absolute Gasteiger partial charge is 0.451 e. The fourth-order valence-corrected chi connectivity index (χ4v) is 1.99. The Bertz CT molecular complexity index is 562. The molecule has 0 aliphatic rings. The molecule has 0 N–H and O–H groups in total. The highest BCUT2D eigenvalue weighted by Crippen LogP contribution is 2.23. The molecule has 0 unspecified atom stereocenters. The molecular formula is C14H16ClNO2. The van der Waals surface area contributed by atoms with Crippen molar-refractivity contribution in [3.05, 3.63) is 35.0 Å². The molecule has 2 rings (SSSR count). The molecule has 4 heteroatoms. The summed E-state index contributed by atoms with van der Waals surface area (Å²) in [5.41, 5.74) is 0.687. The van der Waals surface area contributed by atoms with Crippen LogP contribution in [0.2, 0.25) is 5.02 Å². The summed E-state index contributed by atoms with van der Waals surface area (Å²) < 4.78 is 5.54. The predicted molar refractivity (Wildman–Crippen MR) is 73.1 cm³/mol. The lowest BCUT2D eigenvalue weighted by Gasteiger charge is -2.14. The van der Waals surface area contributed by atoms with Crippen LogP contribution in [0.5, 0.6) is 0 Å². The van der Waals surface area contributed by atoms with Crippen molar-refractivity contribution in [2.45, 2.75) is 19.8 Å². The second-order valence-corrected chi connectivity index (χ2v) is 4.81. The van der Waals surface area contributed by atoms with E-state index in [1.54, 1.807) is 36.2 Å². The van der Waals surface area contributed by atoms with E-state index in [1.165, 1.54) is 0 Å². The second kappa shape index (κ2) is 5.44. The molecule has 1 aromatic heterocycles. The first-order chi connectivity index (χ1) is 8.61. The van der Waals surface area contributed by atoms with Crippen LogP contribution in [0.3, 0.4) is 0 Å². The smallest absolute Gasteiger partial charge is 0.289 e. The summed E-state index contributed by atoms with van der Waals surface area (Å²) in [6.45, 7) is 2.84. The van der Waals surface area contributed by atoms with E-state index in [0.717, 1.165) is 24.8 Å². The first-order valence-corrected chi connectivity index (χ1v) is 6.44. The number of benzene rings is 1. The average Bonchev–Trinajstić information content (AvgIpc) is 2.77. The van der Waals surface area contributed by atoms with E-state index >= 15 is 0 Å². The number of furan rings is 1. The highest BCUT2D eigenvalue weighted by molar-refractivity contribution is 6.31. The minimum absolute atomic E-state index is 0.0872. The number of carbonyl (C=O) groups is 1. The van der Waals surface area contributed by atoms with Crippen molar-refractivity contribution in [2.75, 3.05) is 13.6 Å². The van der Waals surface area contributed by atoms with Crippen LogP contribution in [0.1, 0.15) is 30.3 Å². The summed E-state index contributed by atoms with van der Waals surface area (Å²) in [5.74, 6) is 0.279. The quantitative estimate of drug-likeness (QED) is 0.838. The van der Waals surface area contributed by atoms with Crippen LogP contribution >= 0.6 is 11.6 Å². The van der Waals surface area contributed by atoms with Crippen molar-refractivity contribution >= 4 is 28.5 Å². The molecule has 18 heavy (non-hydrogen) atoms. The number of halogens is 1. The summed E-state index contributed by atoms with van der Waals surface area (Å²) in [4.78, 5) is 13.8. The Balaban J connectivity index is 2.22. The van der Waals surface area contributed by atoms with Crippen LogP contribution in [-0.2, 0) is 0 Å². The number of unbranched alkanes of at least 4 members (excludes halogenated alkanes) is 1. The Morgan fingerprint density at radius 1 is 1.39 bits per heavy atom. The van der Waals surface area contributed by atoms with Gasteiger partial charge in [0.15, 0.2) is 5.76 Å². The van der Waals surface area contributed by atoms with Gasteiger partial charge in [-0.15, -0.1) is 0 Å². The van der Waals surface area contributed by atoms with Gasteiger partial charge in [0.2, 0.25) is 0 Å². The highest BCUT2D eigenvalue weighted by atomic mass is 35.5. The fourth-order valence-electron chi connectivity index (χ4n) is 1.80. The number of rotatable bonds is 4. The Kier molecular flexibility index (Phi) is 3.92. The molecule has 0 aliphatic heterocycles. The van der Waals surface area contributed by atoms with Crippen molar-refractivity contribution in [3.8, 4) is 0 Å². The number of nitrogens with zero attached hydrogens (tertiary/aromatic N) is 1. The van der Waals surface area contributed by atoms with Gasteiger partial charge in [-0.05, 0) is 30.7 Å². The molecule has 0 atom stereocenters. The lowest BCUT2D eigenvalue weighted by atomic mass is 10.2. The minimum Gasteiger partial charge on any atom is -0.451 e. The zero-order valence-corrected chi connectivity index (χ0v) is 11.3. The van der Waals surface area contributed by atoms with Crippen molar-refractivity contribution < 1.29 is 9.21 Å². The molecule has 2 aromatic rings. The van der Waals surface area contributed by atoms with Crippen LogP contribution in [0.25, 0.3) is 11.0 Å². The second-order valence-electron chi connectivity index (χ2n) is 4.37. The monoisotopic (exact) mass is 265 g/mol. The fraction of sp³-hybridized carbons (Fsp3) is 0.357. The van der Waals surface area contributed by atoms with Gasteiger partial charge in [0.25, 0.3) is 5.91 Å². The van der Waals surface area contributed by atoms with Gasteiger partial charge in [0.05, 0.1) is 0 Å². The van der Waals surface area contributed by atoms with Gasteiger partial charge < -0.3 is 9.32 Å². The Morgan fingerprint density at radius 3 is 2.89 bits per heavy atom. The van der Waals surface area contributed by atoms with Crippen molar-refractivity contribution in [3.63, 3.8) is 0 Å². The molecule has 0 fully saturated rings. The lowest BCUT2D eigenvalue weighted by Crippen LogP contribution is -2.27. The van der Waals surface area contributed by atoms with Crippen LogP contribution in [-0.4, -0.2) is 24.4 Å². The summed E-state index contributed by atoms with van der Waals surface area (Å²) in [6.07, 6.45) is 2.06. The van der Waals surface area contributed by atoms with Crippen LogP contribution in [0.4, 0.5) is 0 Å². The molecule has 0 saturated carbocycles. The van der Waals surface area contributed by atoms with Gasteiger partial charge in [0, 0.05) is 24.0 Å². The van der Waals surface area contributed by atoms with E-state index in [9.17, 15) is 4.79 Å². The molecule has 0 bridgehead atoms. The maximum absolute atomic E-state index is 12.1. The third-order valence-electron chi connectivity index (χ3n) is 2.88. The van der Waals surface area contributed by atoms with E-state index in [1.807, 2.05) is 0 Å². The summed E-state index contributed by atoms with van der Waals surface area (Å²) in [6, 6.07) is 7.07. The van der Waals surface area contributed by atoms with E-state index in [0.29, 0.717) is 16.4 Å². The maximum Gasteiger partial charge on any atom is 0.289 e. The van der Waals surface area contributed by atoms with Crippen LogP contribution in [0.15, 0.2) is 28.7 Å². The van der Waals surface area contributed by atoms with Crippen molar-refractivity contribution in [1.29, 1.82) is 0 Å². The van der Waals surface area contributed by atoms with Gasteiger partial charge >= 0.3 is 0 Å². The van der Waals surface area contributed by atoms with Gasteiger partial charge in [-0.3, -0.25) is 4.79 Å². The topological polar surface area (TPSA) is 33.5 Å². The van der Waals surface area contributed by atoms with Gasteiger partial charge in [-0.25, -0.2) is 0 Å². The molecule has 1 heterocycles. The molecule has 0 saturated heterocycles. The number of hydrogen-bond acceptors (Lipinski definition) is 2. The maximum atomic E-state index is 12.1. The molecular weight excluding hydrogens is 250 g/mol. The molecule has 0 aliphatic carbocycles. The summed E-state index contributed by atoms with van der Waals surface area (Å²) in [5, 5.41) is 1.50. The Labute approximate surface area is 111 Å².